The zero-order valence-corrected chi connectivity index (χ0v) is 15.6. The molecule has 144 valence electrons. The Morgan fingerprint density at radius 3 is 2.75 bits per heavy atom. The van der Waals surface area contributed by atoms with E-state index < -0.39 is 17.5 Å². The number of fused-ring (bicyclic) bond motifs is 1. The standard InChI is InChI=1S/C21H21N3O4/c1-21(19-23-16-10-5-9-15(18(22)25)17(16)28-19)11-6-12-24(21)20(26)27-13-14-7-3-2-4-8-14/h2-5,7-10H,6,11-13H2,1H3,(H2,22,25). The lowest BCUT2D eigenvalue weighted by Crippen LogP contribution is -2.43. The van der Waals surface area contributed by atoms with Crippen molar-refractivity contribution in [3.8, 4) is 0 Å². The van der Waals surface area contributed by atoms with E-state index in [-0.39, 0.29) is 12.2 Å². The second-order valence-electron chi connectivity index (χ2n) is 7.11. The van der Waals surface area contributed by atoms with Crippen LogP contribution in [0, 0.1) is 0 Å². The minimum absolute atomic E-state index is 0.200. The average Bonchev–Trinajstić information content (AvgIpc) is 3.31. The van der Waals surface area contributed by atoms with Gasteiger partial charge in [-0.2, -0.15) is 0 Å². The van der Waals surface area contributed by atoms with E-state index in [0.717, 1.165) is 12.0 Å². The molecule has 1 atom stereocenters. The predicted molar refractivity (Wildman–Crippen MR) is 102 cm³/mol. The summed E-state index contributed by atoms with van der Waals surface area (Å²) in [5, 5.41) is 0. The summed E-state index contributed by atoms with van der Waals surface area (Å²) in [5.41, 5.74) is 6.76. The molecule has 0 aliphatic carbocycles. The molecule has 1 aromatic heterocycles. The lowest BCUT2D eigenvalue weighted by atomic mass is 9.99. The molecule has 1 aliphatic heterocycles. The Labute approximate surface area is 162 Å². The smallest absolute Gasteiger partial charge is 0.410 e. The summed E-state index contributed by atoms with van der Waals surface area (Å²) >= 11 is 0. The van der Waals surface area contributed by atoms with Crippen LogP contribution in [0.15, 0.2) is 52.9 Å². The summed E-state index contributed by atoms with van der Waals surface area (Å²) < 4.78 is 11.4. The fourth-order valence-electron chi connectivity index (χ4n) is 3.65. The number of carbonyl (C=O) groups is 2. The van der Waals surface area contributed by atoms with E-state index in [1.807, 2.05) is 37.3 Å². The minimum Gasteiger partial charge on any atom is -0.445 e. The molecule has 0 spiro atoms. The van der Waals surface area contributed by atoms with Crippen LogP contribution >= 0.6 is 0 Å². The van der Waals surface area contributed by atoms with Gasteiger partial charge in [-0.05, 0) is 37.5 Å². The Balaban J connectivity index is 1.61. The van der Waals surface area contributed by atoms with Gasteiger partial charge < -0.3 is 14.9 Å². The van der Waals surface area contributed by atoms with Gasteiger partial charge in [0.25, 0.3) is 5.91 Å². The van der Waals surface area contributed by atoms with Crippen LogP contribution in [0.3, 0.4) is 0 Å². The molecule has 7 heteroatoms. The topological polar surface area (TPSA) is 98.7 Å². The van der Waals surface area contributed by atoms with Crippen molar-refractivity contribution >= 4 is 23.1 Å². The molecule has 2 heterocycles. The highest BCUT2D eigenvalue weighted by atomic mass is 16.6. The van der Waals surface area contributed by atoms with E-state index in [4.69, 9.17) is 14.9 Å². The van der Waals surface area contributed by atoms with Crippen LogP contribution in [-0.2, 0) is 16.9 Å². The summed E-state index contributed by atoms with van der Waals surface area (Å²) in [7, 11) is 0. The van der Waals surface area contributed by atoms with Crippen LogP contribution < -0.4 is 5.73 Å². The van der Waals surface area contributed by atoms with Gasteiger partial charge in [-0.3, -0.25) is 9.69 Å². The van der Waals surface area contributed by atoms with Gasteiger partial charge in [-0.25, -0.2) is 9.78 Å². The molecule has 1 aliphatic rings. The third-order valence-electron chi connectivity index (χ3n) is 5.21. The van der Waals surface area contributed by atoms with Crippen LogP contribution in [-0.4, -0.2) is 28.4 Å². The minimum atomic E-state index is -0.748. The molecule has 1 saturated heterocycles. The van der Waals surface area contributed by atoms with E-state index >= 15 is 0 Å². The number of nitrogens with zero attached hydrogens (tertiary/aromatic N) is 2. The molecular formula is C21H21N3O4. The quantitative estimate of drug-likeness (QED) is 0.747. The molecule has 28 heavy (non-hydrogen) atoms. The SMILES string of the molecule is CC1(c2nc3cccc(C(N)=O)c3o2)CCCN1C(=O)OCc1ccccc1. The van der Waals surface area contributed by atoms with Crippen molar-refractivity contribution in [2.75, 3.05) is 6.54 Å². The summed E-state index contributed by atoms with van der Waals surface area (Å²) in [6.07, 6.45) is 1.08. The number of primary amides is 1. The van der Waals surface area contributed by atoms with Crippen LogP contribution in [0.1, 0.15) is 41.6 Å². The molecule has 0 radical (unpaired) electrons. The third kappa shape index (κ3) is 3.09. The molecule has 0 saturated carbocycles. The fraction of sp³-hybridized carbons (Fsp3) is 0.286. The third-order valence-corrected chi connectivity index (χ3v) is 5.21. The number of aromatic nitrogens is 1. The highest BCUT2D eigenvalue weighted by Gasteiger charge is 2.46. The van der Waals surface area contributed by atoms with Gasteiger partial charge in [0.15, 0.2) is 5.58 Å². The molecule has 1 fully saturated rings. The predicted octanol–water partition coefficient (Wildman–Crippen LogP) is 3.57. The monoisotopic (exact) mass is 379 g/mol. The van der Waals surface area contributed by atoms with Crippen molar-refractivity contribution in [1.82, 2.24) is 9.88 Å². The van der Waals surface area contributed by atoms with Crippen LogP contribution in [0.4, 0.5) is 4.79 Å². The summed E-state index contributed by atoms with van der Waals surface area (Å²) in [6, 6.07) is 14.6. The van der Waals surface area contributed by atoms with E-state index in [9.17, 15) is 9.59 Å². The maximum Gasteiger partial charge on any atom is 0.410 e. The first-order valence-electron chi connectivity index (χ1n) is 9.17. The van der Waals surface area contributed by atoms with Crippen molar-refractivity contribution < 1.29 is 18.7 Å². The second-order valence-corrected chi connectivity index (χ2v) is 7.11. The molecule has 7 nitrogen and oxygen atoms in total. The molecule has 2 aromatic carbocycles. The lowest BCUT2D eigenvalue weighted by Gasteiger charge is -2.31. The highest BCUT2D eigenvalue weighted by molar-refractivity contribution is 6.03. The van der Waals surface area contributed by atoms with Gasteiger partial charge in [-0.15, -0.1) is 0 Å². The first-order chi connectivity index (χ1) is 13.5. The molecule has 2 N–H and O–H groups in total. The van der Waals surface area contributed by atoms with Gasteiger partial charge in [0, 0.05) is 6.54 Å². The van der Waals surface area contributed by atoms with Crippen LogP contribution in [0.5, 0.6) is 0 Å². The Hall–Kier alpha value is -3.35. The zero-order chi connectivity index (χ0) is 19.7. The number of carbonyl (C=O) groups excluding carboxylic acids is 2. The van der Waals surface area contributed by atoms with Crippen molar-refractivity contribution in [1.29, 1.82) is 0 Å². The number of hydrogen-bond acceptors (Lipinski definition) is 5. The first kappa shape index (κ1) is 18.0. The normalized spacial score (nSPS) is 19.1. The Bertz CT molecular complexity index is 1030. The number of hydrogen-bond donors (Lipinski definition) is 1. The number of amides is 2. The molecule has 2 amide bonds. The number of benzene rings is 2. The maximum atomic E-state index is 12.8. The van der Waals surface area contributed by atoms with E-state index in [1.165, 1.54) is 0 Å². The van der Waals surface area contributed by atoms with Gasteiger partial charge in [-0.1, -0.05) is 36.4 Å². The van der Waals surface area contributed by atoms with Crippen molar-refractivity contribution in [3.05, 3.63) is 65.5 Å². The first-order valence-corrected chi connectivity index (χ1v) is 9.17. The number of nitrogens with two attached hydrogens (primary N) is 1. The molecule has 1 unspecified atom stereocenters. The van der Waals surface area contributed by atoms with Gasteiger partial charge in [0.2, 0.25) is 5.89 Å². The van der Waals surface area contributed by atoms with Gasteiger partial charge >= 0.3 is 6.09 Å². The maximum absolute atomic E-state index is 12.8. The van der Waals surface area contributed by atoms with Gasteiger partial charge in [0.1, 0.15) is 17.7 Å². The summed E-state index contributed by atoms with van der Waals surface area (Å²) in [4.78, 5) is 30.6. The van der Waals surface area contributed by atoms with Crippen molar-refractivity contribution in [3.63, 3.8) is 0 Å². The second kappa shape index (κ2) is 6.99. The number of rotatable bonds is 4. The van der Waals surface area contributed by atoms with Crippen LogP contribution in [0.25, 0.3) is 11.1 Å². The van der Waals surface area contributed by atoms with E-state index in [0.29, 0.717) is 30.0 Å². The number of likely N-dealkylation sites (tertiary alicyclic amines) is 1. The zero-order valence-electron chi connectivity index (χ0n) is 15.6. The van der Waals surface area contributed by atoms with Gasteiger partial charge in [0.05, 0.1) is 5.56 Å². The number of oxazole rings is 1. The summed E-state index contributed by atoms with van der Waals surface area (Å²) in [5.74, 6) is -0.200. The lowest BCUT2D eigenvalue weighted by molar-refractivity contribution is 0.0605. The van der Waals surface area contributed by atoms with E-state index in [2.05, 4.69) is 4.98 Å². The Morgan fingerprint density at radius 1 is 1.21 bits per heavy atom. The average molecular weight is 379 g/mol. The summed E-state index contributed by atoms with van der Waals surface area (Å²) in [6.45, 7) is 2.65. The van der Waals surface area contributed by atoms with Crippen LogP contribution in [0.2, 0.25) is 0 Å². The van der Waals surface area contributed by atoms with Crippen molar-refractivity contribution in [2.45, 2.75) is 31.9 Å². The Kier molecular flexibility index (Phi) is 4.50. The Morgan fingerprint density at radius 2 is 2.00 bits per heavy atom. The number of para-hydroxylation sites is 1. The highest BCUT2D eigenvalue weighted by Crippen LogP contribution is 2.40. The molecular weight excluding hydrogens is 358 g/mol. The van der Waals surface area contributed by atoms with E-state index in [1.54, 1.807) is 23.1 Å². The van der Waals surface area contributed by atoms with Crippen molar-refractivity contribution in [2.24, 2.45) is 5.73 Å². The molecule has 3 aromatic rings. The molecule has 0 bridgehead atoms. The number of ether oxygens (including phenoxy) is 1. The molecule has 4 rings (SSSR count). The largest absolute Gasteiger partial charge is 0.445 e. The fourth-order valence-corrected chi connectivity index (χ4v) is 3.65.